The van der Waals surface area contributed by atoms with Crippen LogP contribution in [0.15, 0.2) is 0 Å². The van der Waals surface area contributed by atoms with Crippen molar-refractivity contribution in [3.8, 4) is 6.07 Å². The van der Waals surface area contributed by atoms with Crippen molar-refractivity contribution >= 4 is 10.1 Å². The van der Waals surface area contributed by atoms with E-state index in [1.807, 2.05) is 0 Å². The highest BCUT2D eigenvalue weighted by molar-refractivity contribution is 7.86. The van der Waals surface area contributed by atoms with Crippen molar-refractivity contribution in [2.45, 2.75) is 29.5 Å². The van der Waals surface area contributed by atoms with Gasteiger partial charge in [-0.2, -0.15) is 13.7 Å². The van der Waals surface area contributed by atoms with Crippen molar-refractivity contribution < 1.29 is 38.1 Å². The Morgan fingerprint density at radius 3 is 2.19 bits per heavy atom. The molecule has 9 nitrogen and oxygen atoms in total. The van der Waals surface area contributed by atoms with E-state index in [0.717, 1.165) is 6.07 Å². The molecule has 0 aromatic heterocycles. The van der Waals surface area contributed by atoms with Gasteiger partial charge < -0.3 is 25.2 Å². The second kappa shape index (κ2) is 3.90. The van der Waals surface area contributed by atoms with Crippen molar-refractivity contribution in [3.63, 3.8) is 0 Å². The Morgan fingerprint density at radius 2 is 1.81 bits per heavy atom. The normalized spacial score (nSPS) is 45.0. The Morgan fingerprint density at radius 1 is 1.31 bits per heavy atom. The van der Waals surface area contributed by atoms with Gasteiger partial charge in [0, 0.05) is 0 Å². The van der Waals surface area contributed by atoms with Crippen LogP contribution >= 0.6 is 0 Å². The quantitative estimate of drug-likeness (QED) is 0.236. The summed E-state index contributed by atoms with van der Waals surface area (Å²) < 4.78 is 34.4. The van der Waals surface area contributed by atoms with Crippen molar-refractivity contribution in [2.75, 3.05) is 0 Å². The minimum Gasteiger partial charge on any atom is -0.386 e. The molecule has 1 fully saturated rings. The summed E-state index contributed by atoms with van der Waals surface area (Å²) in [5.74, 6) is 0. The fourth-order valence-corrected chi connectivity index (χ4v) is 2.18. The summed E-state index contributed by atoms with van der Waals surface area (Å²) >= 11 is 0. The molecule has 0 bridgehead atoms. The van der Waals surface area contributed by atoms with Crippen molar-refractivity contribution in [1.29, 1.82) is 5.26 Å². The molecule has 5 atom stereocenters. The van der Waals surface area contributed by atoms with E-state index < -0.39 is 39.7 Å². The van der Waals surface area contributed by atoms with Gasteiger partial charge in [0.1, 0.15) is 18.3 Å². The van der Waals surface area contributed by atoms with Gasteiger partial charge in [-0.3, -0.25) is 4.55 Å². The van der Waals surface area contributed by atoms with Gasteiger partial charge in [0.25, 0.3) is 10.1 Å². The standard InChI is InChI=1S/C6H9NO8S/c7-1-6(11)3(9)2(8)4(10)15-5(6)16(12,13)14/h2-5,8-11H,(H,12,13,14)/t2-,3-,4-,5?,6+/m1/s1. The molecule has 0 aromatic rings. The van der Waals surface area contributed by atoms with Gasteiger partial charge in [0.15, 0.2) is 6.29 Å². The molecule has 0 aliphatic carbocycles. The predicted octanol–water partition coefficient (Wildman–Crippen LogP) is -3.47. The number of nitriles is 1. The molecule has 0 amide bonds. The Bertz CT molecular complexity index is 415. The van der Waals surface area contributed by atoms with E-state index in [4.69, 9.17) is 20.0 Å². The lowest BCUT2D eigenvalue weighted by atomic mass is 9.92. The molecular formula is C6H9NO8S. The smallest absolute Gasteiger partial charge is 0.296 e. The minimum atomic E-state index is -5.06. The minimum absolute atomic E-state index is 1.01. The van der Waals surface area contributed by atoms with Gasteiger partial charge in [-0.05, 0) is 0 Å². The lowest BCUT2D eigenvalue weighted by Crippen LogP contribution is -2.67. The summed E-state index contributed by atoms with van der Waals surface area (Å²) in [5.41, 5.74) is -5.65. The number of hydrogen-bond donors (Lipinski definition) is 5. The molecule has 1 aliphatic heterocycles. The topological polar surface area (TPSA) is 168 Å². The van der Waals surface area contributed by atoms with Gasteiger partial charge in [-0.1, -0.05) is 0 Å². The summed E-state index contributed by atoms with van der Waals surface area (Å²) in [6.07, 6.45) is -6.55. The van der Waals surface area contributed by atoms with Gasteiger partial charge in [-0.25, -0.2) is 0 Å². The number of hydrogen-bond acceptors (Lipinski definition) is 8. The molecule has 1 unspecified atom stereocenters. The Kier molecular flexibility index (Phi) is 3.23. The van der Waals surface area contributed by atoms with Crippen LogP contribution in [0.3, 0.4) is 0 Å². The van der Waals surface area contributed by atoms with E-state index in [-0.39, 0.29) is 0 Å². The molecule has 1 saturated heterocycles. The molecule has 0 radical (unpaired) electrons. The highest BCUT2D eigenvalue weighted by Gasteiger charge is 2.60. The average molecular weight is 255 g/mol. The fraction of sp³-hybridized carbons (Fsp3) is 0.833. The highest BCUT2D eigenvalue weighted by Crippen LogP contribution is 2.31. The van der Waals surface area contributed by atoms with Gasteiger partial charge >= 0.3 is 0 Å². The summed E-state index contributed by atoms with van der Waals surface area (Å²) in [6.45, 7) is 0. The van der Waals surface area contributed by atoms with E-state index in [0.29, 0.717) is 0 Å². The zero-order valence-electron chi connectivity index (χ0n) is 7.63. The third-order valence-electron chi connectivity index (χ3n) is 2.14. The van der Waals surface area contributed by atoms with Crippen molar-refractivity contribution in [1.82, 2.24) is 0 Å². The van der Waals surface area contributed by atoms with Crippen LogP contribution in [0.2, 0.25) is 0 Å². The maximum Gasteiger partial charge on any atom is 0.296 e. The molecular weight excluding hydrogens is 246 g/mol. The largest absolute Gasteiger partial charge is 0.386 e. The molecule has 10 heteroatoms. The van der Waals surface area contributed by atoms with Crippen molar-refractivity contribution in [3.05, 3.63) is 0 Å². The van der Waals surface area contributed by atoms with Crippen LogP contribution in [-0.2, 0) is 14.9 Å². The van der Waals surface area contributed by atoms with Crippen LogP contribution in [0.4, 0.5) is 0 Å². The zero-order valence-corrected chi connectivity index (χ0v) is 8.44. The van der Waals surface area contributed by atoms with E-state index in [2.05, 4.69) is 4.74 Å². The number of nitrogens with zero attached hydrogens (tertiary/aromatic N) is 1. The molecule has 5 N–H and O–H groups in total. The molecule has 1 heterocycles. The second-order valence-electron chi connectivity index (χ2n) is 3.25. The number of rotatable bonds is 1. The Labute approximate surface area is 89.9 Å². The van der Waals surface area contributed by atoms with Crippen LogP contribution in [0.1, 0.15) is 0 Å². The molecule has 1 rings (SSSR count). The summed E-state index contributed by atoms with van der Waals surface area (Å²) in [4.78, 5) is 0. The third-order valence-corrected chi connectivity index (χ3v) is 3.15. The fourth-order valence-electron chi connectivity index (χ4n) is 1.28. The predicted molar refractivity (Wildman–Crippen MR) is 45.0 cm³/mol. The highest BCUT2D eigenvalue weighted by atomic mass is 32.2. The first-order valence-electron chi connectivity index (χ1n) is 3.94. The summed E-state index contributed by atoms with van der Waals surface area (Å²) in [7, 11) is -5.06. The Hall–Kier alpha value is -0.800. The van der Waals surface area contributed by atoms with Crippen LogP contribution < -0.4 is 0 Å². The maximum absolute atomic E-state index is 10.8. The van der Waals surface area contributed by atoms with E-state index >= 15 is 0 Å². The van der Waals surface area contributed by atoms with Crippen LogP contribution in [0.25, 0.3) is 0 Å². The second-order valence-corrected chi connectivity index (χ2v) is 4.70. The molecule has 0 aromatic carbocycles. The zero-order chi connectivity index (χ0) is 12.7. The lowest BCUT2D eigenvalue weighted by molar-refractivity contribution is -0.283. The van der Waals surface area contributed by atoms with Crippen LogP contribution in [0.5, 0.6) is 0 Å². The third kappa shape index (κ3) is 1.89. The Balaban J connectivity index is 3.24. The van der Waals surface area contributed by atoms with Crippen LogP contribution in [0, 0.1) is 11.3 Å². The van der Waals surface area contributed by atoms with E-state index in [1.165, 1.54) is 0 Å². The number of aliphatic hydroxyl groups excluding tert-OH is 3. The molecule has 0 spiro atoms. The van der Waals surface area contributed by atoms with Gasteiger partial charge in [-0.15, -0.1) is 0 Å². The molecule has 92 valence electrons. The van der Waals surface area contributed by atoms with Crippen molar-refractivity contribution in [2.24, 2.45) is 0 Å². The SMILES string of the molecule is N#C[C@@]1(O)C(S(=O)(=O)O)O[C@@H](O)[C@H](O)[C@H]1O. The maximum atomic E-state index is 10.8. The summed E-state index contributed by atoms with van der Waals surface area (Å²) in [6, 6.07) is 1.01. The first-order valence-corrected chi connectivity index (χ1v) is 5.44. The first kappa shape index (κ1) is 13.3. The molecule has 1 aliphatic rings. The van der Waals surface area contributed by atoms with Gasteiger partial charge in [0.2, 0.25) is 11.0 Å². The number of aliphatic hydroxyl groups is 4. The summed E-state index contributed by atoms with van der Waals surface area (Å²) in [5, 5.41) is 45.4. The average Bonchev–Trinajstić information content (AvgIpc) is 2.18. The molecule has 16 heavy (non-hydrogen) atoms. The van der Waals surface area contributed by atoms with E-state index in [9.17, 15) is 18.6 Å². The number of ether oxygens (including phenoxy) is 1. The van der Waals surface area contributed by atoms with E-state index in [1.54, 1.807) is 0 Å². The first-order chi connectivity index (χ1) is 7.14. The van der Waals surface area contributed by atoms with Crippen LogP contribution in [-0.4, -0.2) is 62.9 Å². The van der Waals surface area contributed by atoms with Gasteiger partial charge in [0.05, 0.1) is 0 Å². The monoisotopic (exact) mass is 255 g/mol. The molecule has 0 saturated carbocycles. The lowest BCUT2D eigenvalue weighted by Gasteiger charge is -2.41.